The predicted octanol–water partition coefficient (Wildman–Crippen LogP) is 3.90. The third-order valence-corrected chi connectivity index (χ3v) is 6.98. The van der Waals surface area contributed by atoms with E-state index in [0.717, 1.165) is 38.5 Å². The van der Waals surface area contributed by atoms with Crippen molar-refractivity contribution in [2.24, 2.45) is 5.92 Å². The maximum Gasteiger partial charge on any atom is 0.190 e. The van der Waals surface area contributed by atoms with E-state index in [1.807, 2.05) is 0 Å². The van der Waals surface area contributed by atoms with Gasteiger partial charge in [-0.15, -0.1) is 0 Å². The van der Waals surface area contributed by atoms with Gasteiger partial charge in [0.15, 0.2) is 17.9 Å². The summed E-state index contributed by atoms with van der Waals surface area (Å²) in [6.07, 6.45) is 10.1. The average molecular weight is 397 g/mol. The molecule has 0 aromatic heterocycles. The Kier molecular flexibility index (Phi) is 5.48. The first-order valence-corrected chi connectivity index (χ1v) is 11.5. The predicted molar refractivity (Wildman–Crippen MR) is 102 cm³/mol. The van der Waals surface area contributed by atoms with Crippen molar-refractivity contribution in [3.63, 3.8) is 0 Å². The fourth-order valence-corrected chi connectivity index (χ4v) is 5.57. The van der Waals surface area contributed by atoms with Crippen molar-refractivity contribution < 1.29 is 28.4 Å². The fraction of sp³-hybridized carbons (Fsp3) is 1.00. The molecule has 3 heterocycles. The monoisotopic (exact) mass is 396 g/mol. The third-order valence-electron chi connectivity index (χ3n) is 6.98. The third kappa shape index (κ3) is 3.65. The first-order chi connectivity index (χ1) is 13.6. The number of ether oxygens (including phenoxy) is 6. The summed E-state index contributed by atoms with van der Waals surface area (Å²) in [5.41, 5.74) is 0. The Hall–Kier alpha value is -0.240. The van der Waals surface area contributed by atoms with E-state index in [9.17, 15) is 0 Å². The maximum atomic E-state index is 6.52. The Morgan fingerprint density at radius 1 is 0.821 bits per heavy atom. The van der Waals surface area contributed by atoms with E-state index < -0.39 is 11.6 Å². The Labute approximate surface area is 168 Å². The van der Waals surface area contributed by atoms with Crippen LogP contribution in [0.1, 0.15) is 78.1 Å². The van der Waals surface area contributed by atoms with Crippen LogP contribution in [0.3, 0.4) is 0 Å². The van der Waals surface area contributed by atoms with Crippen LogP contribution in [0.2, 0.25) is 0 Å². The molecule has 0 radical (unpaired) electrons. The second-order valence-electron chi connectivity index (χ2n) is 9.77. The number of fused-ring (bicyclic) bond motifs is 1. The smallest absolute Gasteiger partial charge is 0.190 e. The fourth-order valence-electron chi connectivity index (χ4n) is 5.57. The van der Waals surface area contributed by atoms with E-state index in [4.69, 9.17) is 28.4 Å². The molecule has 6 nitrogen and oxygen atoms in total. The highest BCUT2D eigenvalue weighted by molar-refractivity contribution is 5.01. The van der Waals surface area contributed by atoms with E-state index in [0.29, 0.717) is 19.1 Å². The summed E-state index contributed by atoms with van der Waals surface area (Å²) < 4.78 is 38.3. The molecule has 3 aliphatic heterocycles. The van der Waals surface area contributed by atoms with Crippen LogP contribution in [0.25, 0.3) is 0 Å². The minimum absolute atomic E-state index is 0.115. The lowest BCUT2D eigenvalue weighted by molar-refractivity contribution is -0.262. The molecule has 0 aromatic carbocycles. The molecule has 5 unspecified atom stereocenters. The van der Waals surface area contributed by atoms with Crippen LogP contribution < -0.4 is 0 Å². The van der Waals surface area contributed by atoms with Crippen molar-refractivity contribution >= 4 is 0 Å². The van der Waals surface area contributed by atoms with Gasteiger partial charge in [0.2, 0.25) is 0 Å². The van der Waals surface area contributed by atoms with E-state index in [2.05, 4.69) is 13.8 Å². The van der Waals surface area contributed by atoms with Gasteiger partial charge >= 0.3 is 0 Å². The SMILES string of the molecule is CC(C)COC1C(C2COC3(CCCCC3)O2)OC2OC3(CCCCC3)OC21. The summed E-state index contributed by atoms with van der Waals surface area (Å²) in [7, 11) is 0. The van der Waals surface area contributed by atoms with Gasteiger partial charge in [-0.05, 0) is 31.6 Å². The molecule has 0 amide bonds. The van der Waals surface area contributed by atoms with E-state index in [1.54, 1.807) is 0 Å². The van der Waals surface area contributed by atoms with Crippen LogP contribution in [0.4, 0.5) is 0 Å². The first kappa shape index (κ1) is 19.7. The minimum atomic E-state index is -0.463. The van der Waals surface area contributed by atoms with Crippen LogP contribution in [-0.2, 0) is 28.4 Å². The summed E-state index contributed by atoms with van der Waals surface area (Å²) in [4.78, 5) is 0. The molecular weight excluding hydrogens is 360 g/mol. The van der Waals surface area contributed by atoms with Gasteiger partial charge in [0.05, 0.1) is 6.61 Å². The zero-order chi connectivity index (χ0) is 19.2. The molecule has 5 fully saturated rings. The van der Waals surface area contributed by atoms with Crippen molar-refractivity contribution in [2.75, 3.05) is 13.2 Å². The lowest BCUT2D eigenvalue weighted by atomic mass is 9.94. The summed E-state index contributed by atoms with van der Waals surface area (Å²) in [6, 6.07) is 0. The largest absolute Gasteiger partial charge is 0.372 e. The lowest BCUT2D eigenvalue weighted by Crippen LogP contribution is -2.46. The molecule has 5 atom stereocenters. The average Bonchev–Trinajstić information content (AvgIpc) is 3.33. The summed E-state index contributed by atoms with van der Waals surface area (Å²) in [6.45, 7) is 5.59. The lowest BCUT2D eigenvalue weighted by Gasteiger charge is -2.35. The molecule has 0 aromatic rings. The minimum Gasteiger partial charge on any atom is -0.372 e. The zero-order valence-electron chi connectivity index (χ0n) is 17.4. The quantitative estimate of drug-likeness (QED) is 0.718. The molecule has 2 aliphatic carbocycles. The van der Waals surface area contributed by atoms with E-state index in [1.165, 1.54) is 25.7 Å². The molecule has 6 heteroatoms. The molecule has 0 bridgehead atoms. The van der Waals surface area contributed by atoms with Crippen molar-refractivity contribution in [1.29, 1.82) is 0 Å². The molecule has 3 saturated heterocycles. The number of rotatable bonds is 4. The number of hydrogen-bond acceptors (Lipinski definition) is 6. The normalized spacial score (nSPS) is 41.9. The van der Waals surface area contributed by atoms with Crippen LogP contribution >= 0.6 is 0 Å². The van der Waals surface area contributed by atoms with Crippen LogP contribution in [-0.4, -0.2) is 55.5 Å². The van der Waals surface area contributed by atoms with Gasteiger partial charge in [-0.3, -0.25) is 0 Å². The van der Waals surface area contributed by atoms with Crippen molar-refractivity contribution in [2.45, 2.75) is 120 Å². The molecule has 2 spiro atoms. The molecule has 28 heavy (non-hydrogen) atoms. The standard InChI is InChI=1S/C22H36O6/c1-15(2)13-23-18-17(16-14-24-21(26-16)9-5-3-6-10-21)25-20-19(18)27-22(28-20)11-7-4-8-12-22/h15-20H,3-14H2,1-2H3. The highest BCUT2D eigenvalue weighted by atomic mass is 16.9. The summed E-state index contributed by atoms with van der Waals surface area (Å²) in [5, 5.41) is 0. The van der Waals surface area contributed by atoms with Gasteiger partial charge in [-0.1, -0.05) is 26.7 Å². The van der Waals surface area contributed by atoms with Crippen LogP contribution in [0, 0.1) is 5.92 Å². The Morgan fingerprint density at radius 3 is 2.18 bits per heavy atom. The van der Waals surface area contributed by atoms with Crippen LogP contribution in [0.15, 0.2) is 0 Å². The molecule has 5 aliphatic rings. The van der Waals surface area contributed by atoms with Gasteiger partial charge in [-0.2, -0.15) is 0 Å². The van der Waals surface area contributed by atoms with Gasteiger partial charge in [0, 0.05) is 32.3 Å². The Bertz CT molecular complexity index is 539. The molecule has 2 saturated carbocycles. The van der Waals surface area contributed by atoms with Crippen molar-refractivity contribution in [1.82, 2.24) is 0 Å². The van der Waals surface area contributed by atoms with Gasteiger partial charge in [-0.25, -0.2) is 0 Å². The molecule has 5 rings (SSSR count). The Balaban J connectivity index is 1.30. The van der Waals surface area contributed by atoms with Crippen molar-refractivity contribution in [3.05, 3.63) is 0 Å². The number of hydrogen-bond donors (Lipinski definition) is 0. The van der Waals surface area contributed by atoms with E-state index in [-0.39, 0.29) is 30.7 Å². The van der Waals surface area contributed by atoms with Gasteiger partial charge in [0.25, 0.3) is 0 Å². The second kappa shape index (κ2) is 7.78. The zero-order valence-corrected chi connectivity index (χ0v) is 17.4. The molecular formula is C22H36O6. The van der Waals surface area contributed by atoms with Crippen LogP contribution in [0.5, 0.6) is 0 Å². The first-order valence-electron chi connectivity index (χ1n) is 11.5. The Morgan fingerprint density at radius 2 is 1.50 bits per heavy atom. The maximum absolute atomic E-state index is 6.52. The van der Waals surface area contributed by atoms with Gasteiger partial charge in [0.1, 0.15) is 24.4 Å². The summed E-state index contributed by atoms with van der Waals surface area (Å²) >= 11 is 0. The summed E-state index contributed by atoms with van der Waals surface area (Å²) in [5.74, 6) is -0.412. The second-order valence-corrected chi connectivity index (χ2v) is 9.77. The molecule has 0 N–H and O–H groups in total. The van der Waals surface area contributed by atoms with Crippen molar-refractivity contribution in [3.8, 4) is 0 Å². The highest BCUT2D eigenvalue weighted by Gasteiger charge is 2.61. The van der Waals surface area contributed by atoms with Gasteiger partial charge < -0.3 is 28.4 Å². The highest BCUT2D eigenvalue weighted by Crippen LogP contribution is 2.48. The van der Waals surface area contributed by atoms with E-state index >= 15 is 0 Å². The molecule has 160 valence electrons. The topological polar surface area (TPSA) is 55.4 Å².